The Morgan fingerprint density at radius 1 is 1.36 bits per heavy atom. The van der Waals surface area contributed by atoms with Gasteiger partial charge in [-0.25, -0.2) is 0 Å². The van der Waals surface area contributed by atoms with Crippen LogP contribution < -0.4 is 16.0 Å². The van der Waals surface area contributed by atoms with E-state index >= 15 is 0 Å². The zero-order valence-electron chi connectivity index (χ0n) is 15.3. The molecule has 0 unspecified atom stereocenters. The maximum Gasteiger partial charge on any atom is 0.243 e. The lowest BCUT2D eigenvalue weighted by Gasteiger charge is -2.43. The van der Waals surface area contributed by atoms with Gasteiger partial charge >= 0.3 is 0 Å². The Hall–Kier alpha value is -1.38. The third-order valence-corrected chi connectivity index (χ3v) is 4.47. The lowest BCUT2D eigenvalue weighted by molar-refractivity contribution is -0.115. The molecule has 0 aromatic carbocycles. The van der Waals surface area contributed by atoms with E-state index in [0.717, 1.165) is 6.54 Å². The molecule has 2 rings (SSSR count). The van der Waals surface area contributed by atoms with Crippen molar-refractivity contribution >= 4 is 41.5 Å². The Kier molecular flexibility index (Phi) is 9.16. The van der Waals surface area contributed by atoms with E-state index in [1.54, 1.807) is 25.5 Å². The first-order chi connectivity index (χ1) is 11.5. The summed E-state index contributed by atoms with van der Waals surface area (Å²) >= 11 is 0. The number of nitrogens with one attached hydrogen (secondary N) is 3. The highest BCUT2D eigenvalue weighted by Gasteiger charge is 2.37. The zero-order valence-corrected chi connectivity index (χ0v) is 17.7. The summed E-state index contributed by atoms with van der Waals surface area (Å²) in [6.07, 6.45) is 8.39. The molecule has 1 aliphatic carbocycles. The van der Waals surface area contributed by atoms with Gasteiger partial charge in [0.1, 0.15) is 0 Å². The molecule has 1 aromatic rings. The van der Waals surface area contributed by atoms with Crippen LogP contribution >= 0.6 is 24.0 Å². The fraction of sp³-hybridized carbons (Fsp3) is 0.611. The van der Waals surface area contributed by atoms with E-state index in [-0.39, 0.29) is 36.4 Å². The summed E-state index contributed by atoms with van der Waals surface area (Å²) in [5, 5.41) is 9.25. The van der Waals surface area contributed by atoms with Crippen molar-refractivity contribution in [1.82, 2.24) is 15.6 Å². The number of guanidine groups is 1. The zero-order chi connectivity index (χ0) is 17.4. The molecule has 1 heterocycles. The number of amides is 1. The van der Waals surface area contributed by atoms with E-state index in [1.807, 2.05) is 6.07 Å². The van der Waals surface area contributed by atoms with Crippen molar-refractivity contribution in [3.63, 3.8) is 0 Å². The monoisotopic (exact) mass is 459 g/mol. The van der Waals surface area contributed by atoms with Crippen molar-refractivity contribution < 1.29 is 4.79 Å². The van der Waals surface area contributed by atoms with Crippen LogP contribution in [0.1, 0.15) is 39.5 Å². The van der Waals surface area contributed by atoms with Crippen LogP contribution in [0.25, 0.3) is 0 Å². The molecule has 1 aromatic heterocycles. The molecular weight excluding hydrogens is 429 g/mol. The van der Waals surface area contributed by atoms with Gasteiger partial charge in [0, 0.05) is 19.8 Å². The number of hydrogen-bond acceptors (Lipinski definition) is 3. The van der Waals surface area contributed by atoms with E-state index in [0.29, 0.717) is 23.0 Å². The van der Waals surface area contributed by atoms with Gasteiger partial charge in [-0.3, -0.25) is 14.8 Å². The van der Waals surface area contributed by atoms with Crippen LogP contribution in [0.5, 0.6) is 0 Å². The maximum absolute atomic E-state index is 12.0. The van der Waals surface area contributed by atoms with Crippen molar-refractivity contribution in [2.45, 2.75) is 39.5 Å². The minimum absolute atomic E-state index is 0. The van der Waals surface area contributed by atoms with E-state index in [2.05, 4.69) is 39.8 Å². The third kappa shape index (κ3) is 7.17. The largest absolute Gasteiger partial charge is 0.356 e. The number of aliphatic imine (C=N–C) groups is 1. The summed E-state index contributed by atoms with van der Waals surface area (Å²) in [5.41, 5.74) is 1.08. The van der Waals surface area contributed by atoms with E-state index < -0.39 is 0 Å². The van der Waals surface area contributed by atoms with Crippen LogP contribution in [-0.4, -0.2) is 37.0 Å². The van der Waals surface area contributed by atoms with E-state index in [9.17, 15) is 4.79 Å². The molecule has 0 atom stereocenters. The molecule has 1 fully saturated rings. The number of rotatable bonds is 7. The standard InChI is InChI=1S/C18H29N5O.HI/c1-14(2)10-18(7-5-8-18)13-22-17(19-3)21-12-16(24)23-15-6-4-9-20-11-15;/h4,6,9,11,14H,5,7-8,10,12-13H2,1-3H3,(H,23,24)(H2,19,21,22);1H. The van der Waals surface area contributed by atoms with Crippen LogP contribution in [0.15, 0.2) is 29.5 Å². The van der Waals surface area contributed by atoms with Crippen LogP contribution in [0.3, 0.4) is 0 Å². The number of carbonyl (C=O) groups excluding carboxylic acids is 1. The van der Waals surface area contributed by atoms with E-state index in [1.165, 1.54) is 25.7 Å². The smallest absolute Gasteiger partial charge is 0.243 e. The number of hydrogen-bond donors (Lipinski definition) is 3. The fourth-order valence-electron chi connectivity index (χ4n) is 3.29. The van der Waals surface area contributed by atoms with Gasteiger partial charge in [-0.05, 0) is 42.7 Å². The van der Waals surface area contributed by atoms with E-state index in [4.69, 9.17) is 0 Å². The lowest BCUT2D eigenvalue weighted by Crippen LogP contribution is -2.48. The summed E-state index contributed by atoms with van der Waals surface area (Å²) in [6, 6.07) is 3.60. The Morgan fingerprint density at radius 2 is 2.12 bits per heavy atom. The number of nitrogens with zero attached hydrogens (tertiary/aromatic N) is 2. The third-order valence-electron chi connectivity index (χ3n) is 4.47. The number of aromatic nitrogens is 1. The topological polar surface area (TPSA) is 78.4 Å². The molecule has 0 spiro atoms. The first kappa shape index (κ1) is 21.7. The van der Waals surface area contributed by atoms with Crippen molar-refractivity contribution in [1.29, 1.82) is 0 Å². The van der Waals surface area contributed by atoms with Gasteiger partial charge in [-0.2, -0.15) is 0 Å². The molecule has 1 amide bonds. The summed E-state index contributed by atoms with van der Waals surface area (Å²) in [6.45, 7) is 5.63. The second-order valence-corrected chi connectivity index (χ2v) is 7.02. The molecule has 7 heteroatoms. The predicted molar refractivity (Wildman–Crippen MR) is 113 cm³/mol. The SMILES string of the molecule is CN=C(NCC(=O)Nc1cccnc1)NCC1(CC(C)C)CCC1.I. The second-order valence-electron chi connectivity index (χ2n) is 7.02. The molecule has 1 aliphatic rings. The molecule has 6 nitrogen and oxygen atoms in total. The molecule has 25 heavy (non-hydrogen) atoms. The fourth-order valence-corrected chi connectivity index (χ4v) is 3.29. The average molecular weight is 459 g/mol. The highest BCUT2D eigenvalue weighted by Crippen LogP contribution is 2.45. The predicted octanol–water partition coefficient (Wildman–Crippen LogP) is 3.02. The maximum atomic E-state index is 12.0. The highest BCUT2D eigenvalue weighted by molar-refractivity contribution is 14.0. The van der Waals surface area contributed by atoms with Gasteiger partial charge in [-0.15, -0.1) is 24.0 Å². The van der Waals surface area contributed by atoms with Gasteiger partial charge in [0.25, 0.3) is 0 Å². The van der Waals surface area contributed by atoms with Gasteiger partial charge in [0.15, 0.2) is 5.96 Å². The van der Waals surface area contributed by atoms with Crippen LogP contribution in [0, 0.1) is 11.3 Å². The molecule has 3 N–H and O–H groups in total. The number of pyridine rings is 1. The van der Waals surface area contributed by atoms with Crippen molar-refractivity contribution in [3.8, 4) is 0 Å². The van der Waals surface area contributed by atoms with Gasteiger partial charge in [-0.1, -0.05) is 20.3 Å². The first-order valence-electron chi connectivity index (χ1n) is 8.67. The molecule has 0 radical (unpaired) electrons. The molecule has 0 aliphatic heterocycles. The molecule has 0 bridgehead atoms. The molecule has 0 saturated heterocycles. The highest BCUT2D eigenvalue weighted by atomic mass is 127. The first-order valence-corrected chi connectivity index (χ1v) is 8.67. The number of carbonyl (C=O) groups is 1. The molecule has 1 saturated carbocycles. The second kappa shape index (κ2) is 10.6. The Morgan fingerprint density at radius 3 is 2.64 bits per heavy atom. The normalized spacial score (nSPS) is 15.8. The summed E-state index contributed by atoms with van der Waals surface area (Å²) in [7, 11) is 1.73. The Labute approximate surface area is 167 Å². The average Bonchev–Trinajstić information content (AvgIpc) is 2.52. The van der Waals surface area contributed by atoms with Crippen molar-refractivity contribution in [2.75, 3.05) is 25.5 Å². The summed E-state index contributed by atoms with van der Waals surface area (Å²) in [4.78, 5) is 20.1. The number of halogens is 1. The van der Waals surface area contributed by atoms with Crippen LogP contribution in [-0.2, 0) is 4.79 Å². The number of anilines is 1. The molecule has 140 valence electrons. The van der Waals surface area contributed by atoms with Gasteiger partial charge < -0.3 is 16.0 Å². The minimum atomic E-state index is -0.119. The van der Waals surface area contributed by atoms with Crippen molar-refractivity contribution in [3.05, 3.63) is 24.5 Å². The van der Waals surface area contributed by atoms with Crippen LogP contribution in [0.2, 0.25) is 0 Å². The molecular formula is C18H30IN5O. The summed E-state index contributed by atoms with van der Waals surface area (Å²) in [5.74, 6) is 1.25. The quantitative estimate of drug-likeness (QED) is 0.333. The van der Waals surface area contributed by atoms with Gasteiger partial charge in [0.2, 0.25) is 5.91 Å². The summed E-state index contributed by atoms with van der Waals surface area (Å²) < 4.78 is 0. The van der Waals surface area contributed by atoms with Gasteiger partial charge in [0.05, 0.1) is 18.4 Å². The Bertz CT molecular complexity index is 558. The van der Waals surface area contributed by atoms with Crippen LogP contribution in [0.4, 0.5) is 5.69 Å². The minimum Gasteiger partial charge on any atom is -0.356 e. The Balaban J connectivity index is 0.00000312. The lowest BCUT2D eigenvalue weighted by atomic mass is 9.64. The van der Waals surface area contributed by atoms with Crippen molar-refractivity contribution in [2.24, 2.45) is 16.3 Å².